The molecule has 0 saturated carbocycles. The molecule has 0 aliphatic rings. The van der Waals surface area contributed by atoms with E-state index >= 15 is 0 Å². The van der Waals surface area contributed by atoms with Crippen LogP contribution in [0.3, 0.4) is 0 Å². The minimum atomic E-state index is -4.00. The van der Waals surface area contributed by atoms with Crippen LogP contribution in [0.25, 0.3) is 0 Å². The summed E-state index contributed by atoms with van der Waals surface area (Å²) in [7, 11) is -7.57. The lowest BCUT2D eigenvalue weighted by atomic mass is 10.3. The van der Waals surface area contributed by atoms with Crippen LogP contribution in [-0.2, 0) is 24.7 Å². The fraction of sp³-hybridized carbons (Fsp3) is 0.300. The fourth-order valence-electron chi connectivity index (χ4n) is 1.25. The van der Waals surface area contributed by atoms with E-state index in [1.54, 1.807) is 0 Å². The molecule has 0 saturated heterocycles. The van der Waals surface area contributed by atoms with Crippen molar-refractivity contribution < 1.29 is 21.6 Å². The Labute approximate surface area is 111 Å². The Morgan fingerprint density at radius 1 is 1.21 bits per heavy atom. The third kappa shape index (κ3) is 4.01. The van der Waals surface area contributed by atoms with E-state index < -0.39 is 31.0 Å². The number of anilines is 1. The predicted octanol–water partition coefficient (Wildman–Crippen LogP) is -0.294. The predicted molar refractivity (Wildman–Crippen MR) is 70.8 cm³/mol. The molecule has 19 heavy (non-hydrogen) atoms. The second-order valence-electron chi connectivity index (χ2n) is 4.00. The van der Waals surface area contributed by atoms with Gasteiger partial charge in [-0.15, -0.1) is 0 Å². The number of amides is 1. The molecule has 0 aromatic heterocycles. The number of carbonyl (C=O) groups excluding carboxylic acids is 1. The monoisotopic (exact) mass is 306 g/mol. The third-order valence-electron chi connectivity index (χ3n) is 2.46. The third-order valence-corrected chi connectivity index (χ3v) is 4.93. The molecule has 1 rings (SSSR count). The molecule has 0 aliphatic heterocycles. The van der Waals surface area contributed by atoms with E-state index in [9.17, 15) is 21.6 Å². The summed E-state index contributed by atoms with van der Waals surface area (Å²) in [6.45, 7) is 1.21. The van der Waals surface area contributed by atoms with Crippen molar-refractivity contribution in [1.82, 2.24) is 0 Å². The zero-order valence-corrected chi connectivity index (χ0v) is 12.0. The molecule has 0 radical (unpaired) electrons. The summed E-state index contributed by atoms with van der Waals surface area (Å²) >= 11 is 0. The van der Waals surface area contributed by atoms with Crippen LogP contribution in [-0.4, -0.2) is 34.2 Å². The van der Waals surface area contributed by atoms with Gasteiger partial charge >= 0.3 is 0 Å². The average molecular weight is 306 g/mol. The highest BCUT2D eigenvalue weighted by molar-refractivity contribution is 7.92. The van der Waals surface area contributed by atoms with Gasteiger partial charge in [-0.05, 0) is 19.1 Å². The van der Waals surface area contributed by atoms with Crippen molar-refractivity contribution in [3.63, 3.8) is 0 Å². The quantitative estimate of drug-likeness (QED) is 0.791. The molecule has 9 heteroatoms. The normalized spacial score (nSPS) is 13.8. The van der Waals surface area contributed by atoms with Crippen LogP contribution in [0.2, 0.25) is 0 Å². The van der Waals surface area contributed by atoms with Crippen LogP contribution in [0.4, 0.5) is 5.69 Å². The number of nitrogens with one attached hydrogen (secondary N) is 1. The van der Waals surface area contributed by atoms with E-state index in [1.165, 1.54) is 31.2 Å². The summed E-state index contributed by atoms with van der Waals surface area (Å²) in [5, 5.41) is 5.95. The Morgan fingerprint density at radius 3 is 2.21 bits per heavy atom. The molecule has 7 nitrogen and oxygen atoms in total. The molecule has 0 bridgehead atoms. The lowest BCUT2D eigenvalue weighted by molar-refractivity contribution is -0.115. The molecule has 1 amide bonds. The Bertz CT molecular complexity index is 694. The first-order chi connectivity index (χ1) is 8.53. The van der Waals surface area contributed by atoms with E-state index in [1.807, 2.05) is 0 Å². The number of sulfone groups is 1. The summed E-state index contributed by atoms with van der Waals surface area (Å²) in [4.78, 5) is 11.4. The van der Waals surface area contributed by atoms with Gasteiger partial charge in [0.05, 0.1) is 5.69 Å². The number of carbonyl (C=O) groups is 1. The van der Waals surface area contributed by atoms with Crippen molar-refractivity contribution in [3.05, 3.63) is 24.3 Å². The summed E-state index contributed by atoms with van der Waals surface area (Å²) in [5.41, 5.74) is -0.0505. The van der Waals surface area contributed by atoms with Gasteiger partial charge in [-0.25, -0.2) is 22.0 Å². The molecule has 3 N–H and O–H groups in total. The SMILES string of the molecule is CC(C(=O)Nc1ccccc1S(N)(=O)=O)S(C)(=O)=O. The van der Waals surface area contributed by atoms with Crippen LogP contribution >= 0.6 is 0 Å². The Hall–Kier alpha value is -1.45. The van der Waals surface area contributed by atoms with Gasteiger partial charge in [-0.3, -0.25) is 4.79 Å². The standard InChI is InChI=1S/C10H14N2O5S2/c1-7(18(2,14)15)10(13)12-8-5-3-4-6-9(8)19(11,16)17/h3-7H,1-2H3,(H,12,13)(H2,11,16,17). The van der Waals surface area contributed by atoms with Gasteiger partial charge in [0.15, 0.2) is 9.84 Å². The lowest BCUT2D eigenvalue weighted by Gasteiger charge is -2.12. The molecular weight excluding hydrogens is 292 g/mol. The van der Waals surface area contributed by atoms with E-state index in [0.29, 0.717) is 0 Å². The van der Waals surface area contributed by atoms with E-state index in [-0.39, 0.29) is 10.6 Å². The summed E-state index contributed by atoms with van der Waals surface area (Å²) in [5.74, 6) is -0.821. The Balaban J connectivity index is 3.12. The van der Waals surface area contributed by atoms with Gasteiger partial charge < -0.3 is 5.32 Å². The molecule has 1 aromatic carbocycles. The maximum Gasteiger partial charge on any atom is 0.242 e. The number of hydrogen-bond acceptors (Lipinski definition) is 5. The lowest BCUT2D eigenvalue weighted by Crippen LogP contribution is -2.32. The minimum Gasteiger partial charge on any atom is -0.324 e. The number of rotatable bonds is 4. The molecule has 1 unspecified atom stereocenters. The highest BCUT2D eigenvalue weighted by atomic mass is 32.2. The molecule has 106 valence electrons. The molecular formula is C10H14N2O5S2. The highest BCUT2D eigenvalue weighted by Gasteiger charge is 2.25. The van der Waals surface area contributed by atoms with Gasteiger partial charge in [-0.1, -0.05) is 12.1 Å². The van der Waals surface area contributed by atoms with E-state index in [2.05, 4.69) is 5.32 Å². The van der Waals surface area contributed by atoms with Crippen molar-refractivity contribution >= 4 is 31.5 Å². The summed E-state index contributed by atoms with van der Waals surface area (Å²) in [6.07, 6.45) is 0.919. The van der Waals surface area contributed by atoms with E-state index in [4.69, 9.17) is 5.14 Å². The number of primary sulfonamides is 1. The summed E-state index contributed by atoms with van der Waals surface area (Å²) < 4.78 is 45.1. The van der Waals surface area contributed by atoms with Crippen LogP contribution < -0.4 is 10.5 Å². The van der Waals surface area contributed by atoms with Crippen molar-refractivity contribution in [1.29, 1.82) is 0 Å². The Kier molecular flexibility index (Phi) is 4.33. The largest absolute Gasteiger partial charge is 0.324 e. The van der Waals surface area contributed by atoms with Crippen molar-refractivity contribution in [3.8, 4) is 0 Å². The molecule has 1 atom stereocenters. The first kappa shape index (κ1) is 15.6. The number of para-hydroxylation sites is 1. The minimum absolute atomic E-state index is 0.0505. The van der Waals surface area contributed by atoms with Gasteiger partial charge in [0.1, 0.15) is 10.1 Å². The molecule has 0 aliphatic carbocycles. The zero-order chi connectivity index (χ0) is 14.8. The number of hydrogen-bond donors (Lipinski definition) is 2. The molecule has 1 aromatic rings. The van der Waals surface area contributed by atoms with Gasteiger partial charge in [0, 0.05) is 6.26 Å². The second-order valence-corrected chi connectivity index (χ2v) is 7.90. The molecule has 0 fully saturated rings. The van der Waals surface area contributed by atoms with Crippen molar-refractivity contribution in [2.75, 3.05) is 11.6 Å². The van der Waals surface area contributed by atoms with Crippen LogP contribution in [0.5, 0.6) is 0 Å². The van der Waals surface area contributed by atoms with Crippen LogP contribution in [0.1, 0.15) is 6.92 Å². The maximum absolute atomic E-state index is 11.7. The maximum atomic E-state index is 11.7. The fourth-order valence-corrected chi connectivity index (χ4v) is 2.39. The zero-order valence-electron chi connectivity index (χ0n) is 10.3. The van der Waals surface area contributed by atoms with E-state index in [0.717, 1.165) is 6.26 Å². The van der Waals surface area contributed by atoms with Gasteiger partial charge in [-0.2, -0.15) is 0 Å². The van der Waals surface area contributed by atoms with Gasteiger partial charge in [0.2, 0.25) is 15.9 Å². The Morgan fingerprint density at radius 2 is 1.74 bits per heavy atom. The first-order valence-corrected chi connectivity index (χ1v) is 8.65. The number of benzene rings is 1. The highest BCUT2D eigenvalue weighted by Crippen LogP contribution is 2.19. The number of nitrogens with two attached hydrogens (primary N) is 1. The van der Waals surface area contributed by atoms with Crippen LogP contribution in [0.15, 0.2) is 29.2 Å². The second kappa shape index (κ2) is 5.27. The van der Waals surface area contributed by atoms with Crippen molar-refractivity contribution in [2.45, 2.75) is 17.1 Å². The topological polar surface area (TPSA) is 123 Å². The number of sulfonamides is 1. The van der Waals surface area contributed by atoms with Crippen molar-refractivity contribution in [2.24, 2.45) is 5.14 Å². The van der Waals surface area contributed by atoms with Gasteiger partial charge in [0.25, 0.3) is 0 Å². The average Bonchev–Trinajstić information content (AvgIpc) is 2.26. The molecule has 0 spiro atoms. The van der Waals surface area contributed by atoms with Crippen LogP contribution in [0, 0.1) is 0 Å². The smallest absolute Gasteiger partial charge is 0.242 e. The summed E-state index contributed by atoms with van der Waals surface area (Å²) in [6, 6.07) is 5.48. The first-order valence-electron chi connectivity index (χ1n) is 5.15. The molecule has 0 heterocycles.